The van der Waals surface area contributed by atoms with Crippen molar-refractivity contribution in [2.45, 2.75) is 38.5 Å². The molecule has 0 radical (unpaired) electrons. The standard InChI is InChI=1S/C17H20O/c1-3-4-12-5-6-13-7-8-14-11-15(18-2)9-10-16(14)17(12)13/h7-12H,3-6H2,1-2H3. The van der Waals surface area contributed by atoms with E-state index in [9.17, 15) is 0 Å². The predicted octanol–water partition coefficient (Wildman–Crippen LogP) is 4.68. The molecule has 18 heavy (non-hydrogen) atoms. The van der Waals surface area contributed by atoms with Gasteiger partial charge in [0.2, 0.25) is 0 Å². The second-order valence-corrected chi connectivity index (χ2v) is 5.25. The third kappa shape index (κ3) is 1.78. The number of rotatable bonds is 3. The van der Waals surface area contributed by atoms with Crippen LogP contribution in [0.15, 0.2) is 30.3 Å². The average molecular weight is 240 g/mol. The van der Waals surface area contributed by atoms with Crippen LogP contribution in [-0.4, -0.2) is 7.11 Å². The largest absolute Gasteiger partial charge is 0.497 e. The van der Waals surface area contributed by atoms with Crippen LogP contribution in [0.2, 0.25) is 0 Å². The Morgan fingerprint density at radius 3 is 2.89 bits per heavy atom. The summed E-state index contributed by atoms with van der Waals surface area (Å²) in [6, 6.07) is 11.0. The molecule has 3 rings (SSSR count). The molecule has 2 aromatic rings. The molecule has 1 aliphatic rings. The molecule has 1 heteroatoms. The van der Waals surface area contributed by atoms with Crippen molar-refractivity contribution in [2.24, 2.45) is 0 Å². The normalized spacial score (nSPS) is 18.0. The lowest BCUT2D eigenvalue weighted by atomic mass is 9.92. The van der Waals surface area contributed by atoms with Crippen LogP contribution in [0.5, 0.6) is 5.75 Å². The lowest BCUT2D eigenvalue weighted by molar-refractivity contribution is 0.415. The van der Waals surface area contributed by atoms with Crippen molar-refractivity contribution in [2.75, 3.05) is 7.11 Å². The van der Waals surface area contributed by atoms with Gasteiger partial charge in [-0.3, -0.25) is 0 Å². The molecule has 0 saturated heterocycles. The fraction of sp³-hybridized carbons (Fsp3) is 0.412. The van der Waals surface area contributed by atoms with E-state index in [1.54, 1.807) is 18.2 Å². The average Bonchev–Trinajstić information content (AvgIpc) is 2.82. The number of fused-ring (bicyclic) bond motifs is 3. The molecule has 0 saturated carbocycles. The van der Waals surface area contributed by atoms with E-state index in [0.29, 0.717) is 0 Å². The van der Waals surface area contributed by atoms with Crippen LogP contribution in [0.3, 0.4) is 0 Å². The van der Waals surface area contributed by atoms with Gasteiger partial charge in [0, 0.05) is 0 Å². The van der Waals surface area contributed by atoms with Crippen LogP contribution >= 0.6 is 0 Å². The highest BCUT2D eigenvalue weighted by Gasteiger charge is 2.23. The summed E-state index contributed by atoms with van der Waals surface area (Å²) in [4.78, 5) is 0. The smallest absolute Gasteiger partial charge is 0.119 e. The zero-order valence-electron chi connectivity index (χ0n) is 11.2. The Balaban J connectivity index is 2.16. The van der Waals surface area contributed by atoms with Crippen LogP contribution in [0, 0.1) is 0 Å². The molecule has 0 aromatic heterocycles. The molecule has 1 atom stereocenters. The molecular formula is C17H20O. The van der Waals surface area contributed by atoms with Crippen molar-refractivity contribution in [1.29, 1.82) is 0 Å². The van der Waals surface area contributed by atoms with Gasteiger partial charge in [-0.05, 0) is 59.2 Å². The van der Waals surface area contributed by atoms with Gasteiger partial charge in [-0.25, -0.2) is 0 Å². The van der Waals surface area contributed by atoms with E-state index in [2.05, 4.69) is 37.3 Å². The first-order chi connectivity index (χ1) is 8.83. The minimum absolute atomic E-state index is 0.766. The minimum atomic E-state index is 0.766. The maximum Gasteiger partial charge on any atom is 0.119 e. The summed E-state index contributed by atoms with van der Waals surface area (Å²) in [7, 11) is 1.73. The summed E-state index contributed by atoms with van der Waals surface area (Å²) < 4.78 is 5.32. The number of ether oxygens (including phenoxy) is 1. The Hall–Kier alpha value is -1.50. The maximum absolute atomic E-state index is 5.32. The Morgan fingerprint density at radius 2 is 2.11 bits per heavy atom. The van der Waals surface area contributed by atoms with E-state index in [0.717, 1.165) is 11.7 Å². The van der Waals surface area contributed by atoms with Crippen LogP contribution in [-0.2, 0) is 6.42 Å². The molecule has 1 nitrogen and oxygen atoms in total. The first-order valence-electron chi connectivity index (χ1n) is 6.93. The van der Waals surface area contributed by atoms with Crippen molar-refractivity contribution in [3.63, 3.8) is 0 Å². The van der Waals surface area contributed by atoms with Gasteiger partial charge < -0.3 is 4.74 Å². The molecule has 2 aromatic carbocycles. The summed E-state index contributed by atoms with van der Waals surface area (Å²) in [5.41, 5.74) is 3.17. The van der Waals surface area contributed by atoms with Crippen molar-refractivity contribution in [3.05, 3.63) is 41.5 Å². The number of aryl methyl sites for hydroxylation is 1. The fourth-order valence-corrected chi connectivity index (χ4v) is 3.32. The summed E-state index contributed by atoms with van der Waals surface area (Å²) in [5.74, 6) is 1.72. The topological polar surface area (TPSA) is 9.23 Å². The van der Waals surface area contributed by atoms with E-state index in [4.69, 9.17) is 4.74 Å². The quantitative estimate of drug-likeness (QED) is 0.757. The second-order valence-electron chi connectivity index (χ2n) is 5.25. The van der Waals surface area contributed by atoms with Gasteiger partial charge in [0.1, 0.15) is 5.75 Å². The Morgan fingerprint density at radius 1 is 1.22 bits per heavy atom. The maximum atomic E-state index is 5.32. The first kappa shape index (κ1) is 11.6. The highest BCUT2D eigenvalue weighted by molar-refractivity contribution is 5.89. The molecule has 0 bridgehead atoms. The molecule has 0 spiro atoms. The molecule has 1 unspecified atom stereocenters. The zero-order valence-corrected chi connectivity index (χ0v) is 11.2. The molecule has 0 heterocycles. The van der Waals surface area contributed by atoms with Gasteiger partial charge in [0.05, 0.1) is 7.11 Å². The van der Waals surface area contributed by atoms with Gasteiger partial charge in [-0.1, -0.05) is 31.5 Å². The van der Waals surface area contributed by atoms with Crippen molar-refractivity contribution in [1.82, 2.24) is 0 Å². The fourth-order valence-electron chi connectivity index (χ4n) is 3.32. The van der Waals surface area contributed by atoms with Gasteiger partial charge in [0.25, 0.3) is 0 Å². The number of hydrogen-bond donors (Lipinski definition) is 0. The monoisotopic (exact) mass is 240 g/mol. The Kier molecular flexibility index (Phi) is 2.99. The van der Waals surface area contributed by atoms with Crippen LogP contribution in [0.25, 0.3) is 10.8 Å². The summed E-state index contributed by atoms with van der Waals surface area (Å²) in [6.07, 6.45) is 5.17. The van der Waals surface area contributed by atoms with E-state index in [1.807, 2.05) is 0 Å². The second kappa shape index (κ2) is 4.64. The minimum Gasteiger partial charge on any atom is -0.497 e. The summed E-state index contributed by atoms with van der Waals surface area (Å²) in [6.45, 7) is 2.28. The molecule has 0 N–H and O–H groups in total. The first-order valence-corrected chi connectivity index (χ1v) is 6.93. The SMILES string of the molecule is CCCC1CCc2ccc3cc(OC)ccc3c21. The highest BCUT2D eigenvalue weighted by atomic mass is 16.5. The third-order valence-corrected chi connectivity index (χ3v) is 4.17. The summed E-state index contributed by atoms with van der Waals surface area (Å²) in [5, 5.41) is 2.75. The van der Waals surface area contributed by atoms with E-state index >= 15 is 0 Å². The number of methoxy groups -OCH3 is 1. The van der Waals surface area contributed by atoms with Crippen LogP contribution in [0.1, 0.15) is 43.2 Å². The molecule has 0 fully saturated rings. The van der Waals surface area contributed by atoms with Gasteiger partial charge in [-0.2, -0.15) is 0 Å². The van der Waals surface area contributed by atoms with E-state index in [-0.39, 0.29) is 0 Å². The van der Waals surface area contributed by atoms with Crippen molar-refractivity contribution < 1.29 is 4.74 Å². The zero-order chi connectivity index (χ0) is 12.5. The molecule has 0 amide bonds. The molecule has 94 valence electrons. The van der Waals surface area contributed by atoms with E-state index < -0.39 is 0 Å². The lowest BCUT2D eigenvalue weighted by Gasteiger charge is -2.14. The predicted molar refractivity (Wildman–Crippen MR) is 76.5 cm³/mol. The Bertz CT molecular complexity index is 569. The van der Waals surface area contributed by atoms with E-state index in [1.165, 1.54) is 36.5 Å². The third-order valence-electron chi connectivity index (χ3n) is 4.17. The van der Waals surface area contributed by atoms with Crippen LogP contribution < -0.4 is 4.74 Å². The van der Waals surface area contributed by atoms with Crippen molar-refractivity contribution >= 4 is 10.8 Å². The lowest BCUT2D eigenvalue weighted by Crippen LogP contribution is -1.94. The van der Waals surface area contributed by atoms with Gasteiger partial charge in [-0.15, -0.1) is 0 Å². The molecular weight excluding hydrogens is 220 g/mol. The number of benzene rings is 2. The van der Waals surface area contributed by atoms with Gasteiger partial charge >= 0.3 is 0 Å². The van der Waals surface area contributed by atoms with Crippen molar-refractivity contribution in [3.8, 4) is 5.75 Å². The molecule has 1 aliphatic carbocycles. The highest BCUT2D eigenvalue weighted by Crippen LogP contribution is 2.41. The molecule has 0 aliphatic heterocycles. The van der Waals surface area contributed by atoms with Gasteiger partial charge in [0.15, 0.2) is 0 Å². The Labute approximate surface area is 109 Å². The summed E-state index contributed by atoms with van der Waals surface area (Å²) >= 11 is 0. The van der Waals surface area contributed by atoms with Crippen LogP contribution in [0.4, 0.5) is 0 Å². The number of hydrogen-bond acceptors (Lipinski definition) is 1.